The second kappa shape index (κ2) is 8.53. The van der Waals surface area contributed by atoms with Crippen LogP contribution in [-0.4, -0.2) is 12.5 Å². The maximum atomic E-state index is 10.1. The predicted octanol–water partition coefficient (Wildman–Crippen LogP) is 2.99. The van der Waals surface area contributed by atoms with Gasteiger partial charge in [0.15, 0.2) is 0 Å². The molecule has 0 heterocycles. The van der Waals surface area contributed by atoms with Crippen LogP contribution in [0.25, 0.3) is 0 Å². The van der Waals surface area contributed by atoms with Gasteiger partial charge in [-0.15, -0.1) is 0 Å². The summed E-state index contributed by atoms with van der Waals surface area (Å²) in [6.45, 7) is 5.77. The smallest absolute Gasteiger partial charge is 0.298 e. The van der Waals surface area contributed by atoms with Gasteiger partial charge in [0.2, 0.25) is 0 Å². The molecule has 1 rings (SSSR count). The van der Waals surface area contributed by atoms with E-state index in [9.17, 15) is 4.79 Å². The fraction of sp³-hybridized carbons (Fsp3) is 0.500. The van der Waals surface area contributed by atoms with E-state index in [1.807, 2.05) is 0 Å². The Balaban J connectivity index is 2.40. The first kappa shape index (κ1) is 14.5. The minimum Gasteiger partial charge on any atom is -0.434 e. The molecule has 0 aromatic rings. The van der Waals surface area contributed by atoms with Gasteiger partial charge in [-0.25, -0.2) is 0 Å². The zero-order valence-electron chi connectivity index (χ0n) is 10.9. The first-order chi connectivity index (χ1) is 8.76. The fourth-order valence-electron chi connectivity index (χ4n) is 1.83. The monoisotopic (exact) mass is 251 g/mol. The molecule has 1 aliphatic rings. The Morgan fingerprint density at radius 2 is 2.00 bits per heavy atom. The van der Waals surface area contributed by atoms with Crippen molar-refractivity contribution in [3.63, 3.8) is 0 Å². The van der Waals surface area contributed by atoms with Gasteiger partial charge >= 0.3 is 0 Å². The van der Waals surface area contributed by atoms with Crippen LogP contribution in [0.15, 0.2) is 36.3 Å². The van der Waals surface area contributed by atoms with Crippen LogP contribution in [0.2, 0.25) is 0 Å². The maximum absolute atomic E-state index is 10.1. The highest BCUT2D eigenvalue weighted by Gasteiger charge is 2.13. The Morgan fingerprint density at radius 1 is 1.28 bits per heavy atom. The number of ether oxygens (including phenoxy) is 1. The molecule has 1 saturated carbocycles. The molecule has 1 N–H and O–H groups in total. The topological polar surface area (TPSA) is 47.6 Å². The molecule has 0 aromatic heterocycles. The molecule has 0 aliphatic heterocycles. The van der Waals surface area contributed by atoms with Gasteiger partial charge in [-0.2, -0.15) is 5.48 Å². The molecular formula is C14H21NO3. The molecule has 100 valence electrons. The largest absolute Gasteiger partial charge is 0.434 e. The van der Waals surface area contributed by atoms with Crippen LogP contribution in [0.1, 0.15) is 39.0 Å². The lowest BCUT2D eigenvalue weighted by Gasteiger charge is -2.22. The summed E-state index contributed by atoms with van der Waals surface area (Å²) in [7, 11) is 0. The van der Waals surface area contributed by atoms with Crippen molar-refractivity contribution in [2.24, 2.45) is 0 Å². The zero-order valence-corrected chi connectivity index (χ0v) is 10.9. The molecule has 4 heteroatoms. The molecule has 0 radical (unpaired) electrons. The van der Waals surface area contributed by atoms with E-state index in [-0.39, 0.29) is 0 Å². The Morgan fingerprint density at radius 3 is 2.61 bits per heavy atom. The molecule has 0 amide bonds. The van der Waals surface area contributed by atoms with Crippen molar-refractivity contribution < 1.29 is 14.4 Å². The van der Waals surface area contributed by atoms with Gasteiger partial charge in [0, 0.05) is 6.04 Å². The summed E-state index contributed by atoms with van der Waals surface area (Å²) in [6, 6.07) is 0.415. The highest BCUT2D eigenvalue weighted by molar-refractivity contribution is 5.40. The van der Waals surface area contributed by atoms with Gasteiger partial charge < -0.3 is 9.57 Å². The number of nitrogens with one attached hydrogen (secondary N) is 1. The van der Waals surface area contributed by atoms with Crippen molar-refractivity contribution in [2.45, 2.75) is 45.1 Å². The molecule has 4 nitrogen and oxygen atoms in total. The average molecular weight is 251 g/mol. The highest BCUT2D eigenvalue weighted by Crippen LogP contribution is 2.17. The number of rotatable bonds is 7. The van der Waals surface area contributed by atoms with Gasteiger partial charge in [-0.3, -0.25) is 4.79 Å². The van der Waals surface area contributed by atoms with Gasteiger partial charge in [0.1, 0.15) is 11.5 Å². The third kappa shape index (κ3) is 5.68. The lowest BCUT2D eigenvalue weighted by Crippen LogP contribution is -2.30. The van der Waals surface area contributed by atoms with Crippen LogP contribution in [0.3, 0.4) is 0 Å². The SMILES string of the molecule is C=C/C(=C\C=C(/C)OC=O)ONC1CCCCC1. The van der Waals surface area contributed by atoms with E-state index in [2.05, 4.69) is 16.8 Å². The van der Waals surface area contributed by atoms with Crippen molar-refractivity contribution in [3.8, 4) is 0 Å². The molecular weight excluding hydrogens is 230 g/mol. The predicted molar refractivity (Wildman–Crippen MR) is 70.3 cm³/mol. The molecule has 0 atom stereocenters. The van der Waals surface area contributed by atoms with Crippen molar-refractivity contribution in [2.75, 3.05) is 0 Å². The lowest BCUT2D eigenvalue weighted by atomic mass is 9.96. The van der Waals surface area contributed by atoms with Gasteiger partial charge in [0.05, 0.1) is 0 Å². The Hall–Kier alpha value is -1.55. The first-order valence-electron chi connectivity index (χ1n) is 6.30. The molecule has 0 bridgehead atoms. The zero-order chi connectivity index (χ0) is 13.2. The van der Waals surface area contributed by atoms with Crippen LogP contribution in [0.5, 0.6) is 0 Å². The van der Waals surface area contributed by atoms with Crippen LogP contribution in [0, 0.1) is 0 Å². The molecule has 0 unspecified atom stereocenters. The van der Waals surface area contributed by atoms with Crippen molar-refractivity contribution in [3.05, 3.63) is 36.3 Å². The van der Waals surface area contributed by atoms with Crippen molar-refractivity contribution in [1.82, 2.24) is 5.48 Å². The molecule has 0 saturated heterocycles. The Kier molecular flexibility index (Phi) is 6.87. The Labute approximate surface area is 108 Å². The third-order valence-electron chi connectivity index (χ3n) is 2.87. The van der Waals surface area contributed by atoms with E-state index in [1.54, 1.807) is 25.2 Å². The summed E-state index contributed by atoms with van der Waals surface area (Å²) < 4.78 is 4.66. The minimum absolute atomic E-state index is 0.397. The fourth-order valence-corrected chi connectivity index (χ4v) is 1.83. The molecule has 18 heavy (non-hydrogen) atoms. The van der Waals surface area contributed by atoms with E-state index < -0.39 is 0 Å². The number of allylic oxidation sites excluding steroid dienone is 4. The standard InChI is InChI=1S/C14H21NO3/c1-3-14(10-9-12(2)17-11-16)18-15-13-7-5-4-6-8-13/h3,9-11,13,15H,1,4-8H2,2H3/b12-9+,14-10+. The summed E-state index contributed by atoms with van der Waals surface area (Å²) in [4.78, 5) is 15.6. The Bertz CT molecular complexity index is 328. The van der Waals surface area contributed by atoms with E-state index >= 15 is 0 Å². The first-order valence-corrected chi connectivity index (χ1v) is 6.30. The van der Waals surface area contributed by atoms with Gasteiger partial charge in [0.25, 0.3) is 6.47 Å². The number of hydroxylamine groups is 1. The highest BCUT2D eigenvalue weighted by atomic mass is 16.6. The van der Waals surface area contributed by atoms with E-state index in [0.717, 1.165) is 12.8 Å². The summed E-state index contributed by atoms with van der Waals surface area (Å²) in [6.07, 6.45) is 11.1. The third-order valence-corrected chi connectivity index (χ3v) is 2.87. The average Bonchev–Trinajstić information content (AvgIpc) is 2.40. The summed E-state index contributed by atoms with van der Waals surface area (Å²) in [5, 5.41) is 0. The minimum atomic E-state index is 0.397. The summed E-state index contributed by atoms with van der Waals surface area (Å²) >= 11 is 0. The summed E-state index contributed by atoms with van der Waals surface area (Å²) in [5.41, 5.74) is 3.05. The van der Waals surface area contributed by atoms with Crippen LogP contribution in [-0.2, 0) is 14.4 Å². The van der Waals surface area contributed by atoms with E-state index in [1.165, 1.54) is 19.3 Å². The number of carbonyl (C=O) groups is 1. The second-order valence-corrected chi connectivity index (χ2v) is 4.32. The molecule has 1 aliphatic carbocycles. The number of hydrogen-bond acceptors (Lipinski definition) is 4. The normalized spacial score (nSPS) is 18.3. The van der Waals surface area contributed by atoms with E-state index in [4.69, 9.17) is 4.84 Å². The number of carbonyl (C=O) groups excluding carboxylic acids is 1. The second-order valence-electron chi connectivity index (χ2n) is 4.32. The van der Waals surface area contributed by atoms with E-state index in [0.29, 0.717) is 24.0 Å². The lowest BCUT2D eigenvalue weighted by molar-refractivity contribution is -0.124. The van der Waals surface area contributed by atoms with Crippen LogP contribution in [0.4, 0.5) is 0 Å². The summed E-state index contributed by atoms with van der Waals surface area (Å²) in [5.74, 6) is 1.11. The molecule has 0 aromatic carbocycles. The van der Waals surface area contributed by atoms with Crippen molar-refractivity contribution in [1.29, 1.82) is 0 Å². The quantitative estimate of drug-likeness (QED) is 0.327. The number of hydrogen-bond donors (Lipinski definition) is 1. The molecule has 1 fully saturated rings. The van der Waals surface area contributed by atoms with Gasteiger partial charge in [-0.05, 0) is 38.0 Å². The molecule has 0 spiro atoms. The van der Waals surface area contributed by atoms with Crippen LogP contribution >= 0.6 is 0 Å². The maximum Gasteiger partial charge on any atom is 0.298 e. The van der Waals surface area contributed by atoms with Crippen LogP contribution < -0.4 is 5.48 Å². The van der Waals surface area contributed by atoms with Gasteiger partial charge in [-0.1, -0.05) is 25.8 Å². The van der Waals surface area contributed by atoms with Crippen molar-refractivity contribution >= 4 is 6.47 Å².